The van der Waals surface area contributed by atoms with E-state index in [4.69, 9.17) is 4.74 Å². The molecule has 1 saturated heterocycles. The topological polar surface area (TPSA) is 83.5 Å². The van der Waals surface area contributed by atoms with E-state index < -0.39 is 0 Å². The van der Waals surface area contributed by atoms with E-state index in [0.717, 1.165) is 60.9 Å². The molecule has 1 aromatic carbocycles. The molecule has 2 aromatic heterocycles. The van der Waals surface area contributed by atoms with Crippen molar-refractivity contribution in [2.75, 3.05) is 39.9 Å². The predicted molar refractivity (Wildman–Crippen MR) is 129 cm³/mol. The number of pyridine rings is 1. The van der Waals surface area contributed by atoms with Crippen LogP contribution < -0.4 is 5.56 Å². The molecular weight excluding hydrogens is 418 g/mol. The number of benzene rings is 1. The number of nitrogens with one attached hydrogen (secondary N) is 1. The molecule has 0 radical (unpaired) electrons. The number of carbonyl (C=O) groups excluding carboxylic acids is 1. The van der Waals surface area contributed by atoms with Crippen molar-refractivity contribution in [3.8, 4) is 0 Å². The lowest BCUT2D eigenvalue weighted by atomic mass is 9.93. The van der Waals surface area contributed by atoms with Gasteiger partial charge in [0.1, 0.15) is 0 Å². The molecule has 1 N–H and O–H groups in total. The highest BCUT2D eigenvalue weighted by Crippen LogP contribution is 2.35. The highest BCUT2D eigenvalue weighted by Gasteiger charge is 2.29. The molecule has 2 fully saturated rings. The molecular formula is C25H33N5O3. The number of fused-ring (bicyclic) bond motifs is 3. The summed E-state index contributed by atoms with van der Waals surface area (Å²) in [4.78, 5) is 33.7. The number of aromatic amines is 1. The standard InChI is InChI=1S/C25H33N5O3/c1-16-12-22-20(23-21(24(31)27-22)14-26-30(23)18-6-4-7-18)13-19(16)25(32)29-10-9-28(17(2)15-29)8-5-11-33-3/h12-14,17-18H,4-11,15H2,1-3H3,(H,27,31)/t17-/m1/s1. The first-order valence-electron chi connectivity index (χ1n) is 12.0. The van der Waals surface area contributed by atoms with Crippen LogP contribution in [0, 0.1) is 6.92 Å². The number of rotatable bonds is 6. The summed E-state index contributed by atoms with van der Waals surface area (Å²) < 4.78 is 7.18. The van der Waals surface area contributed by atoms with Crippen LogP contribution in [0.2, 0.25) is 0 Å². The van der Waals surface area contributed by atoms with E-state index in [0.29, 0.717) is 36.1 Å². The second-order valence-electron chi connectivity index (χ2n) is 9.59. The largest absolute Gasteiger partial charge is 0.385 e. The lowest BCUT2D eigenvalue weighted by molar-refractivity contribution is 0.0490. The van der Waals surface area contributed by atoms with Crippen LogP contribution >= 0.6 is 0 Å². The molecule has 1 amide bonds. The SMILES string of the molecule is COCCCN1CCN(C(=O)c2cc3c(cc2C)[nH]c(=O)c2cnn(C4CCC4)c23)C[C@H]1C. The Balaban J connectivity index is 1.47. The normalized spacial score (nSPS) is 20.0. The van der Waals surface area contributed by atoms with Gasteiger partial charge in [-0.25, -0.2) is 0 Å². The molecule has 1 saturated carbocycles. The Bertz CT molecular complexity index is 1240. The monoisotopic (exact) mass is 451 g/mol. The maximum atomic E-state index is 13.6. The van der Waals surface area contributed by atoms with E-state index in [1.807, 2.05) is 28.6 Å². The number of ether oxygens (including phenoxy) is 1. The summed E-state index contributed by atoms with van der Waals surface area (Å²) in [5.74, 6) is 0.0619. The fraction of sp³-hybridized carbons (Fsp3) is 0.560. The summed E-state index contributed by atoms with van der Waals surface area (Å²) in [5.41, 5.74) is 3.08. The van der Waals surface area contributed by atoms with Gasteiger partial charge in [-0.2, -0.15) is 5.10 Å². The lowest BCUT2D eigenvalue weighted by Gasteiger charge is -2.40. The Kier molecular flexibility index (Phi) is 5.97. The van der Waals surface area contributed by atoms with Crippen LogP contribution in [0.1, 0.15) is 54.6 Å². The van der Waals surface area contributed by atoms with Crippen molar-refractivity contribution < 1.29 is 9.53 Å². The number of hydrogen-bond donors (Lipinski definition) is 1. The third-order valence-corrected chi connectivity index (χ3v) is 7.40. The van der Waals surface area contributed by atoms with Crippen LogP contribution in [0.25, 0.3) is 21.8 Å². The first kappa shape index (κ1) is 22.1. The number of methoxy groups -OCH3 is 1. The summed E-state index contributed by atoms with van der Waals surface area (Å²) in [6, 6.07) is 4.55. The quantitative estimate of drug-likeness (QED) is 0.583. The summed E-state index contributed by atoms with van der Waals surface area (Å²) in [6.45, 7) is 8.18. The van der Waals surface area contributed by atoms with Crippen molar-refractivity contribution in [2.24, 2.45) is 0 Å². The summed E-state index contributed by atoms with van der Waals surface area (Å²) in [7, 11) is 1.73. The number of carbonyl (C=O) groups is 1. The minimum Gasteiger partial charge on any atom is -0.385 e. The van der Waals surface area contributed by atoms with Crippen molar-refractivity contribution in [1.29, 1.82) is 0 Å². The molecule has 3 heterocycles. The van der Waals surface area contributed by atoms with E-state index in [-0.39, 0.29) is 11.5 Å². The Labute approximate surface area is 193 Å². The van der Waals surface area contributed by atoms with Crippen molar-refractivity contribution >= 4 is 27.7 Å². The predicted octanol–water partition coefficient (Wildman–Crippen LogP) is 3.09. The first-order chi connectivity index (χ1) is 16.0. The maximum absolute atomic E-state index is 13.6. The molecule has 1 aliphatic carbocycles. The fourth-order valence-corrected chi connectivity index (χ4v) is 5.23. The zero-order valence-electron chi connectivity index (χ0n) is 19.8. The second-order valence-corrected chi connectivity index (χ2v) is 9.59. The lowest BCUT2D eigenvalue weighted by Crippen LogP contribution is -2.53. The maximum Gasteiger partial charge on any atom is 0.259 e. The highest BCUT2D eigenvalue weighted by atomic mass is 16.5. The van der Waals surface area contributed by atoms with Gasteiger partial charge < -0.3 is 14.6 Å². The third kappa shape index (κ3) is 3.95. The van der Waals surface area contributed by atoms with E-state index >= 15 is 0 Å². The van der Waals surface area contributed by atoms with Crippen molar-refractivity contribution in [3.63, 3.8) is 0 Å². The number of H-pyrrole nitrogens is 1. The molecule has 1 aliphatic heterocycles. The Morgan fingerprint density at radius 2 is 2.06 bits per heavy atom. The highest BCUT2D eigenvalue weighted by molar-refractivity contribution is 6.07. The first-order valence-corrected chi connectivity index (χ1v) is 12.0. The van der Waals surface area contributed by atoms with Crippen LogP contribution in [-0.2, 0) is 4.74 Å². The fourth-order valence-electron chi connectivity index (χ4n) is 5.23. The van der Waals surface area contributed by atoms with Crippen molar-refractivity contribution in [3.05, 3.63) is 39.8 Å². The number of aromatic nitrogens is 3. The number of nitrogens with zero attached hydrogens (tertiary/aromatic N) is 4. The zero-order chi connectivity index (χ0) is 23.1. The van der Waals surface area contributed by atoms with Gasteiger partial charge in [0.15, 0.2) is 0 Å². The van der Waals surface area contributed by atoms with Gasteiger partial charge in [0, 0.05) is 56.9 Å². The average molecular weight is 452 g/mol. The van der Waals surface area contributed by atoms with Gasteiger partial charge in [0.2, 0.25) is 0 Å². The van der Waals surface area contributed by atoms with Crippen LogP contribution in [0.5, 0.6) is 0 Å². The van der Waals surface area contributed by atoms with Gasteiger partial charge >= 0.3 is 0 Å². The molecule has 2 aliphatic rings. The minimum absolute atomic E-state index is 0.0619. The Morgan fingerprint density at radius 1 is 1.24 bits per heavy atom. The van der Waals surface area contributed by atoms with Gasteiger partial charge in [0.05, 0.1) is 28.7 Å². The van der Waals surface area contributed by atoms with Crippen molar-refractivity contribution in [1.82, 2.24) is 24.6 Å². The van der Waals surface area contributed by atoms with Gasteiger partial charge in [0.25, 0.3) is 11.5 Å². The molecule has 176 valence electrons. The van der Waals surface area contributed by atoms with Gasteiger partial charge in [-0.05, 0) is 57.2 Å². The van der Waals surface area contributed by atoms with Crippen LogP contribution in [0.15, 0.2) is 23.1 Å². The molecule has 0 spiro atoms. The second kappa shape index (κ2) is 8.91. The van der Waals surface area contributed by atoms with E-state index in [2.05, 4.69) is 21.9 Å². The van der Waals surface area contributed by atoms with Crippen LogP contribution in [0.3, 0.4) is 0 Å². The number of aryl methyl sites for hydroxylation is 1. The smallest absolute Gasteiger partial charge is 0.259 e. The van der Waals surface area contributed by atoms with Crippen molar-refractivity contribution in [2.45, 2.75) is 51.6 Å². The summed E-state index contributed by atoms with van der Waals surface area (Å²) >= 11 is 0. The summed E-state index contributed by atoms with van der Waals surface area (Å²) in [6.07, 6.45) is 6.01. The molecule has 3 aromatic rings. The molecule has 8 heteroatoms. The Hall–Kier alpha value is -2.71. The molecule has 1 atom stereocenters. The molecule has 33 heavy (non-hydrogen) atoms. The van der Waals surface area contributed by atoms with Gasteiger partial charge in [-0.1, -0.05) is 0 Å². The Morgan fingerprint density at radius 3 is 2.76 bits per heavy atom. The average Bonchev–Trinajstić information content (AvgIpc) is 3.18. The molecule has 8 nitrogen and oxygen atoms in total. The van der Waals surface area contributed by atoms with Gasteiger partial charge in [-0.3, -0.25) is 19.2 Å². The van der Waals surface area contributed by atoms with Gasteiger partial charge in [-0.15, -0.1) is 0 Å². The summed E-state index contributed by atoms with van der Waals surface area (Å²) in [5, 5.41) is 6.04. The molecule has 0 unspecified atom stereocenters. The number of piperazine rings is 1. The van der Waals surface area contributed by atoms with Crippen LogP contribution in [-0.4, -0.2) is 76.4 Å². The van der Waals surface area contributed by atoms with E-state index in [9.17, 15) is 9.59 Å². The third-order valence-electron chi connectivity index (χ3n) is 7.40. The van der Waals surface area contributed by atoms with E-state index in [1.54, 1.807) is 13.3 Å². The van der Waals surface area contributed by atoms with E-state index in [1.165, 1.54) is 6.42 Å². The zero-order valence-corrected chi connectivity index (χ0v) is 19.8. The number of amides is 1. The molecule has 5 rings (SSSR count). The van der Waals surface area contributed by atoms with Crippen LogP contribution in [0.4, 0.5) is 0 Å². The molecule has 0 bridgehead atoms. The minimum atomic E-state index is -0.125. The number of hydrogen-bond acceptors (Lipinski definition) is 5.